The highest BCUT2D eigenvalue weighted by molar-refractivity contribution is 5.78. The number of hydrogen-bond donors (Lipinski definition) is 1. The predicted molar refractivity (Wildman–Crippen MR) is 116 cm³/mol. The number of piperazine rings is 1. The Balaban J connectivity index is 1.23. The average Bonchev–Trinajstić information content (AvgIpc) is 2.76. The van der Waals surface area contributed by atoms with E-state index in [0.717, 1.165) is 48.7 Å². The number of hydrogen-bond acceptors (Lipinski definition) is 6. The first-order chi connectivity index (χ1) is 15.0. The smallest absolute Gasteiger partial charge is 0.234 e. The lowest BCUT2D eigenvalue weighted by Crippen LogP contribution is -2.49. The summed E-state index contributed by atoms with van der Waals surface area (Å²) in [5, 5.41) is 7.04. The van der Waals surface area contributed by atoms with Gasteiger partial charge >= 0.3 is 0 Å². The average molecular weight is 424 g/mol. The van der Waals surface area contributed by atoms with Gasteiger partial charge in [-0.2, -0.15) is 0 Å². The van der Waals surface area contributed by atoms with Gasteiger partial charge in [0.1, 0.15) is 5.82 Å². The minimum absolute atomic E-state index is 0.0263. The van der Waals surface area contributed by atoms with Crippen LogP contribution >= 0.6 is 0 Å². The summed E-state index contributed by atoms with van der Waals surface area (Å²) in [6.45, 7) is 5.89. The number of carbonyl (C=O) groups excluding carboxylic acids is 1. The van der Waals surface area contributed by atoms with Crippen LogP contribution < -0.4 is 15.6 Å². The summed E-state index contributed by atoms with van der Waals surface area (Å²) >= 11 is 0. The second-order valence-electron chi connectivity index (χ2n) is 7.75. The van der Waals surface area contributed by atoms with E-state index in [9.17, 15) is 14.0 Å². The molecule has 2 heterocycles. The molecule has 0 spiro atoms. The van der Waals surface area contributed by atoms with Crippen LogP contribution in [0.25, 0.3) is 11.3 Å². The van der Waals surface area contributed by atoms with Crippen LogP contribution in [0.2, 0.25) is 0 Å². The number of halogens is 1. The number of nitrogens with one attached hydrogen (secondary N) is 1. The summed E-state index contributed by atoms with van der Waals surface area (Å²) in [6, 6.07) is 11.2. The summed E-state index contributed by atoms with van der Waals surface area (Å²) in [5.74, 6) is 0.206. The topological polar surface area (TPSA) is 78.7 Å². The molecule has 4 rings (SSSR count). The van der Waals surface area contributed by atoms with Gasteiger partial charge in [-0.15, -0.1) is 0 Å². The lowest BCUT2D eigenvalue weighted by atomic mass is 10.0. The van der Waals surface area contributed by atoms with Crippen LogP contribution in [0.1, 0.15) is 11.3 Å². The third-order valence-corrected chi connectivity index (χ3v) is 5.66. The zero-order valence-corrected chi connectivity index (χ0v) is 17.4. The summed E-state index contributed by atoms with van der Waals surface area (Å²) < 4.78 is 18.4. The molecule has 1 aromatic carbocycles. The number of benzene rings is 2. The van der Waals surface area contributed by atoms with Gasteiger partial charge in [0.05, 0.1) is 12.2 Å². The van der Waals surface area contributed by atoms with E-state index < -0.39 is 0 Å². The number of fused-ring (bicyclic) bond motifs is 1. The van der Waals surface area contributed by atoms with Gasteiger partial charge < -0.3 is 14.7 Å². The first kappa shape index (κ1) is 21.0. The first-order valence-corrected chi connectivity index (χ1v) is 10.4. The summed E-state index contributed by atoms with van der Waals surface area (Å²) in [7, 11) is 0. The maximum Gasteiger partial charge on any atom is 0.234 e. The molecule has 1 saturated heterocycles. The predicted octanol–water partition coefficient (Wildman–Crippen LogP) is 2.07. The van der Waals surface area contributed by atoms with Crippen LogP contribution in [0.4, 0.5) is 10.1 Å². The highest BCUT2D eigenvalue weighted by atomic mass is 19.1. The third-order valence-electron chi connectivity index (χ3n) is 5.66. The fraction of sp³-hybridized carbons (Fsp3) is 0.348. The molecule has 31 heavy (non-hydrogen) atoms. The Morgan fingerprint density at radius 1 is 1.13 bits per heavy atom. The van der Waals surface area contributed by atoms with Crippen LogP contribution in [0.3, 0.4) is 0 Å². The molecule has 1 amide bonds. The van der Waals surface area contributed by atoms with Gasteiger partial charge in [-0.05, 0) is 48.9 Å². The Morgan fingerprint density at radius 2 is 1.87 bits per heavy atom. The number of rotatable bonds is 6. The fourth-order valence-electron chi connectivity index (χ4n) is 3.84. The summed E-state index contributed by atoms with van der Waals surface area (Å²) in [6.07, 6.45) is 0.550. The van der Waals surface area contributed by atoms with Crippen molar-refractivity contribution in [2.24, 2.45) is 0 Å². The highest BCUT2D eigenvalue weighted by Gasteiger charge is 2.19. The molecular formula is C23H25FN4O3. The minimum atomic E-state index is -0.238. The van der Waals surface area contributed by atoms with Crippen LogP contribution in [0.15, 0.2) is 51.8 Å². The molecule has 2 aliphatic heterocycles. The van der Waals surface area contributed by atoms with Crippen molar-refractivity contribution in [3.8, 4) is 11.3 Å². The van der Waals surface area contributed by atoms with Gasteiger partial charge in [0, 0.05) is 56.5 Å². The van der Waals surface area contributed by atoms with E-state index in [2.05, 4.69) is 20.3 Å². The van der Waals surface area contributed by atoms with Crippen molar-refractivity contribution in [1.29, 1.82) is 0 Å². The molecule has 1 fully saturated rings. The molecular weight excluding hydrogens is 399 g/mol. The molecule has 0 atom stereocenters. The summed E-state index contributed by atoms with van der Waals surface area (Å²) in [4.78, 5) is 28.1. The Hall–Kier alpha value is -3.26. The van der Waals surface area contributed by atoms with Gasteiger partial charge in [-0.3, -0.25) is 14.5 Å². The number of amides is 1. The van der Waals surface area contributed by atoms with Gasteiger partial charge in [0.25, 0.3) is 0 Å². The Bertz CT molecular complexity index is 1070. The summed E-state index contributed by atoms with van der Waals surface area (Å²) in [5.41, 5.74) is 3.46. The molecule has 1 N–H and O–H groups in total. The molecule has 1 aromatic rings. The molecule has 0 aromatic heterocycles. The third kappa shape index (κ3) is 5.08. The second-order valence-corrected chi connectivity index (χ2v) is 7.75. The van der Waals surface area contributed by atoms with E-state index in [4.69, 9.17) is 4.52 Å². The Labute approximate surface area is 179 Å². The van der Waals surface area contributed by atoms with Crippen molar-refractivity contribution >= 4 is 11.6 Å². The van der Waals surface area contributed by atoms with Crippen molar-refractivity contribution in [3.05, 3.63) is 69.8 Å². The van der Waals surface area contributed by atoms with E-state index in [0.29, 0.717) is 25.3 Å². The van der Waals surface area contributed by atoms with Gasteiger partial charge in [-0.25, -0.2) is 4.39 Å². The van der Waals surface area contributed by atoms with E-state index in [1.54, 1.807) is 18.2 Å². The fourth-order valence-corrected chi connectivity index (χ4v) is 3.84. The van der Waals surface area contributed by atoms with E-state index >= 15 is 0 Å². The second kappa shape index (κ2) is 9.26. The monoisotopic (exact) mass is 424 g/mol. The largest absolute Gasteiger partial charge is 0.369 e. The van der Waals surface area contributed by atoms with Crippen molar-refractivity contribution < 1.29 is 13.7 Å². The van der Waals surface area contributed by atoms with Crippen LogP contribution in [-0.2, 0) is 11.2 Å². The highest BCUT2D eigenvalue weighted by Crippen LogP contribution is 2.24. The molecule has 8 heteroatoms. The van der Waals surface area contributed by atoms with Crippen molar-refractivity contribution in [3.63, 3.8) is 0 Å². The zero-order valence-electron chi connectivity index (χ0n) is 17.4. The molecule has 0 saturated carbocycles. The Morgan fingerprint density at radius 3 is 2.61 bits per heavy atom. The zero-order chi connectivity index (χ0) is 21.8. The SMILES string of the molecule is Cc1c2ccc(=O)cc-2onc1CCNC(=O)CN1CCN(c2ccc(F)cc2)CC1. The normalized spacial score (nSPS) is 14.7. The van der Waals surface area contributed by atoms with Crippen molar-refractivity contribution in [2.45, 2.75) is 13.3 Å². The van der Waals surface area contributed by atoms with E-state index in [1.165, 1.54) is 24.3 Å². The van der Waals surface area contributed by atoms with Crippen molar-refractivity contribution in [1.82, 2.24) is 15.4 Å². The molecule has 3 aliphatic rings. The molecule has 162 valence electrons. The molecule has 1 aliphatic carbocycles. The van der Waals surface area contributed by atoms with E-state index in [-0.39, 0.29) is 17.2 Å². The molecule has 0 unspecified atom stereocenters. The quantitative estimate of drug-likeness (QED) is 0.653. The Kier molecular flexibility index (Phi) is 6.27. The molecule has 7 nitrogen and oxygen atoms in total. The van der Waals surface area contributed by atoms with Crippen LogP contribution in [0.5, 0.6) is 0 Å². The van der Waals surface area contributed by atoms with E-state index in [1.807, 2.05) is 6.92 Å². The number of aromatic nitrogens is 1. The van der Waals surface area contributed by atoms with Gasteiger partial charge in [-0.1, -0.05) is 5.16 Å². The lowest BCUT2D eigenvalue weighted by Gasteiger charge is -2.35. The minimum Gasteiger partial charge on any atom is -0.369 e. The lowest BCUT2D eigenvalue weighted by molar-refractivity contribution is -0.122. The molecule has 0 bridgehead atoms. The van der Waals surface area contributed by atoms with Crippen LogP contribution in [-0.4, -0.2) is 55.2 Å². The molecule has 0 radical (unpaired) electrons. The van der Waals surface area contributed by atoms with Gasteiger partial charge in [0.2, 0.25) is 5.91 Å². The number of nitrogens with zero attached hydrogens (tertiary/aromatic N) is 3. The number of anilines is 1. The van der Waals surface area contributed by atoms with Gasteiger partial charge in [0.15, 0.2) is 11.2 Å². The standard InChI is InChI=1S/C23H25FN4O3/c1-16-20-7-6-19(29)14-22(20)31-26-21(16)8-9-25-23(30)15-27-10-12-28(13-11-27)18-4-2-17(24)3-5-18/h2-7,14H,8-13,15H2,1H3,(H,25,30). The number of carbonyl (C=O) groups is 1. The maximum atomic E-state index is 13.1. The maximum absolute atomic E-state index is 13.1. The van der Waals surface area contributed by atoms with Crippen molar-refractivity contribution in [2.75, 3.05) is 44.2 Å². The first-order valence-electron chi connectivity index (χ1n) is 10.4. The van der Waals surface area contributed by atoms with Crippen LogP contribution in [0, 0.1) is 12.7 Å².